The van der Waals surface area contributed by atoms with Gasteiger partial charge < -0.3 is 9.62 Å². The van der Waals surface area contributed by atoms with Crippen LogP contribution in [-0.2, 0) is 6.42 Å². The molecule has 10 rings (SSSR count). The Kier molecular flexibility index (Phi) is 4.34. The summed E-state index contributed by atoms with van der Waals surface area (Å²) in [5.74, 6) is 0.313. The number of fused-ring (bicyclic) bond motifs is 12. The number of allylic oxidation sites excluding steroid dienone is 1. The van der Waals surface area contributed by atoms with Gasteiger partial charge in [0, 0.05) is 38.5 Å². The third-order valence-corrected chi connectivity index (χ3v) is 10.8. The van der Waals surface area contributed by atoms with Gasteiger partial charge in [0.25, 0.3) is 0 Å². The summed E-state index contributed by atoms with van der Waals surface area (Å²) in [5, 5.41) is 2.78. The van der Waals surface area contributed by atoms with Crippen LogP contribution in [0.25, 0.3) is 26.8 Å². The third-order valence-electron chi connectivity index (χ3n) is 9.64. The fourth-order valence-electron chi connectivity index (χ4n) is 8.07. The highest BCUT2D eigenvalue weighted by molar-refractivity contribution is 7.25. The molecule has 4 heterocycles. The molecule has 2 nitrogen and oxygen atoms in total. The maximum atomic E-state index is 2.70. The van der Waals surface area contributed by atoms with Gasteiger partial charge in [-0.25, -0.2) is 0 Å². The van der Waals surface area contributed by atoms with E-state index < -0.39 is 0 Å². The molecule has 0 unspecified atom stereocenters. The predicted octanol–water partition coefficient (Wildman–Crippen LogP) is 9.74. The van der Waals surface area contributed by atoms with E-state index in [1.54, 1.807) is 0 Å². The highest BCUT2D eigenvalue weighted by Crippen LogP contribution is 2.65. The van der Waals surface area contributed by atoms with Crippen LogP contribution < -0.4 is 9.62 Å². The smallest absolute Gasteiger partial charge is 0.358 e. The molecular formula is C37H25BN2S. The Bertz CT molecular complexity index is 2090. The Labute approximate surface area is 243 Å². The van der Waals surface area contributed by atoms with Crippen LogP contribution in [-0.4, -0.2) is 6.98 Å². The molecule has 41 heavy (non-hydrogen) atoms. The Morgan fingerprint density at radius 1 is 0.610 bits per heavy atom. The van der Waals surface area contributed by atoms with Crippen molar-refractivity contribution in [2.75, 3.05) is 9.62 Å². The molecule has 5 aromatic carbocycles. The molecule has 0 spiro atoms. The van der Waals surface area contributed by atoms with Crippen molar-refractivity contribution in [2.45, 2.75) is 18.8 Å². The monoisotopic (exact) mass is 540 g/mol. The summed E-state index contributed by atoms with van der Waals surface area (Å²) < 4.78 is 1.37. The topological polar surface area (TPSA) is 6.48 Å². The lowest BCUT2D eigenvalue weighted by Gasteiger charge is -2.41. The number of aryl methyl sites for hydroxylation is 1. The molecule has 4 aliphatic rings. The highest BCUT2D eigenvalue weighted by atomic mass is 32.1. The zero-order valence-electron chi connectivity index (χ0n) is 22.4. The van der Waals surface area contributed by atoms with E-state index in [-0.39, 0.29) is 6.98 Å². The molecular weight excluding hydrogens is 515 g/mol. The molecule has 4 heteroatoms. The average Bonchev–Trinajstić information content (AvgIpc) is 3.51. The van der Waals surface area contributed by atoms with Gasteiger partial charge in [0.1, 0.15) is 5.00 Å². The maximum Gasteiger partial charge on any atom is 0.418 e. The second-order valence-electron chi connectivity index (χ2n) is 11.6. The van der Waals surface area contributed by atoms with Crippen LogP contribution >= 0.6 is 11.3 Å². The van der Waals surface area contributed by atoms with E-state index in [2.05, 4.69) is 131 Å². The first-order valence-corrected chi connectivity index (χ1v) is 15.4. The first-order valence-electron chi connectivity index (χ1n) is 14.6. The Hall–Kier alpha value is -4.54. The number of anilines is 4. The standard InChI is InChI=1S/C37H25BN2S/c1-2-11-23(12-3-1)26-22-21-24-13-4-5-14-25(24)33-29-16-7-9-19-31(29)40-37-36-34-28(17-10-20-32(34)41-37)27-15-6-8-18-30(27)39(36)38(40)35(26)33/h1-20,26H,21-22H2/t26-/m0/s1. The maximum absolute atomic E-state index is 2.70. The van der Waals surface area contributed by atoms with Crippen molar-refractivity contribution in [2.24, 2.45) is 0 Å². The number of hydrogen-bond donors (Lipinski definition) is 0. The minimum atomic E-state index is 0.0800. The first-order chi connectivity index (χ1) is 20.4. The van der Waals surface area contributed by atoms with Gasteiger partial charge in [0.15, 0.2) is 0 Å². The molecule has 1 atom stereocenters. The minimum Gasteiger partial charge on any atom is -0.358 e. The molecule has 1 aliphatic carbocycles. The largest absolute Gasteiger partial charge is 0.418 e. The second kappa shape index (κ2) is 8.02. The number of para-hydroxylation sites is 2. The summed E-state index contributed by atoms with van der Waals surface area (Å²) >= 11 is 1.95. The van der Waals surface area contributed by atoms with Crippen molar-refractivity contribution < 1.29 is 0 Å². The average molecular weight is 541 g/mol. The van der Waals surface area contributed by atoms with Gasteiger partial charge in [-0.3, -0.25) is 0 Å². The number of nitrogens with zero attached hydrogens (tertiary/aromatic N) is 2. The summed E-state index contributed by atoms with van der Waals surface area (Å²) in [6.45, 7) is 0.0800. The lowest BCUT2D eigenvalue weighted by Crippen LogP contribution is -2.50. The van der Waals surface area contributed by atoms with Crippen molar-refractivity contribution in [3.8, 4) is 11.1 Å². The van der Waals surface area contributed by atoms with Crippen LogP contribution in [0, 0.1) is 0 Å². The Balaban J connectivity index is 1.37. The number of thiophene rings is 1. The summed E-state index contributed by atoms with van der Waals surface area (Å²) in [6, 6.07) is 45.5. The van der Waals surface area contributed by atoms with Gasteiger partial charge in [-0.2, -0.15) is 0 Å². The summed E-state index contributed by atoms with van der Waals surface area (Å²) in [6.07, 6.45) is 2.17. The summed E-state index contributed by atoms with van der Waals surface area (Å²) in [5.41, 5.74) is 15.3. The summed E-state index contributed by atoms with van der Waals surface area (Å²) in [4.78, 5) is 5.38. The molecule has 0 N–H and O–H groups in total. The van der Waals surface area contributed by atoms with Crippen LogP contribution in [0.3, 0.4) is 0 Å². The molecule has 0 fully saturated rings. The lowest BCUT2D eigenvalue weighted by atomic mass is 9.53. The lowest BCUT2D eigenvalue weighted by molar-refractivity contribution is 0.729. The van der Waals surface area contributed by atoms with E-state index in [9.17, 15) is 0 Å². The molecule has 0 amide bonds. The van der Waals surface area contributed by atoms with Crippen molar-refractivity contribution in [1.82, 2.24) is 0 Å². The van der Waals surface area contributed by atoms with Crippen LogP contribution in [0.1, 0.15) is 34.6 Å². The van der Waals surface area contributed by atoms with Gasteiger partial charge in [0.05, 0.1) is 5.69 Å². The molecule has 0 saturated heterocycles. The molecule has 3 aliphatic heterocycles. The van der Waals surface area contributed by atoms with Crippen LogP contribution in [0.15, 0.2) is 127 Å². The van der Waals surface area contributed by atoms with Gasteiger partial charge >= 0.3 is 6.98 Å². The normalized spacial score (nSPS) is 17.6. The molecule has 192 valence electrons. The van der Waals surface area contributed by atoms with E-state index in [0.29, 0.717) is 5.92 Å². The highest BCUT2D eigenvalue weighted by Gasteiger charge is 2.54. The first kappa shape index (κ1) is 22.2. The quantitative estimate of drug-likeness (QED) is 0.192. The molecule has 0 saturated carbocycles. The van der Waals surface area contributed by atoms with E-state index in [0.717, 1.165) is 12.8 Å². The molecule has 1 aromatic heterocycles. The number of benzene rings is 5. The van der Waals surface area contributed by atoms with Crippen LogP contribution in [0.4, 0.5) is 22.1 Å². The van der Waals surface area contributed by atoms with E-state index in [1.165, 1.54) is 76.6 Å². The second-order valence-corrected chi connectivity index (χ2v) is 12.6. The van der Waals surface area contributed by atoms with Crippen molar-refractivity contribution in [1.29, 1.82) is 0 Å². The van der Waals surface area contributed by atoms with E-state index >= 15 is 0 Å². The zero-order chi connectivity index (χ0) is 26.7. The number of hydrogen-bond acceptors (Lipinski definition) is 3. The third kappa shape index (κ3) is 2.78. The fourth-order valence-corrected chi connectivity index (χ4v) is 9.32. The predicted molar refractivity (Wildman–Crippen MR) is 174 cm³/mol. The summed E-state index contributed by atoms with van der Waals surface area (Å²) in [7, 11) is 0. The Morgan fingerprint density at radius 2 is 1.29 bits per heavy atom. The number of rotatable bonds is 1. The van der Waals surface area contributed by atoms with E-state index in [4.69, 9.17) is 0 Å². The molecule has 0 bridgehead atoms. The molecule has 0 radical (unpaired) electrons. The van der Waals surface area contributed by atoms with Crippen molar-refractivity contribution in [3.05, 3.63) is 149 Å². The van der Waals surface area contributed by atoms with Crippen LogP contribution in [0.5, 0.6) is 0 Å². The van der Waals surface area contributed by atoms with Gasteiger partial charge in [-0.1, -0.05) is 103 Å². The van der Waals surface area contributed by atoms with Gasteiger partial charge in [0.2, 0.25) is 0 Å². The van der Waals surface area contributed by atoms with Gasteiger partial charge in [-0.15, -0.1) is 11.3 Å². The fraction of sp³-hybridized carbons (Fsp3) is 0.0811. The van der Waals surface area contributed by atoms with Crippen molar-refractivity contribution >= 4 is 56.0 Å². The van der Waals surface area contributed by atoms with E-state index in [1.807, 2.05) is 11.3 Å². The van der Waals surface area contributed by atoms with Crippen LogP contribution in [0.2, 0.25) is 0 Å². The van der Waals surface area contributed by atoms with Gasteiger partial charge in [-0.05, 0) is 64.3 Å². The Morgan fingerprint density at radius 3 is 2.15 bits per heavy atom. The van der Waals surface area contributed by atoms with Crippen molar-refractivity contribution in [3.63, 3.8) is 0 Å². The minimum absolute atomic E-state index is 0.0800. The molecule has 6 aromatic rings. The zero-order valence-corrected chi connectivity index (χ0v) is 23.2. The SMILES string of the molecule is c1ccc([C@@H]2CCc3ccccc3C3=C2B2N(c4ccccc43)c3sc4cccc5c4c3N2c2ccccc2-5)cc1.